The van der Waals surface area contributed by atoms with Crippen LogP contribution in [0.25, 0.3) is 0 Å². The number of carbonyl (C=O) groups is 2. The van der Waals surface area contributed by atoms with Crippen molar-refractivity contribution in [2.45, 2.75) is 18.4 Å². The molecule has 0 heterocycles. The van der Waals surface area contributed by atoms with E-state index in [1.165, 1.54) is 7.11 Å². The van der Waals surface area contributed by atoms with E-state index in [2.05, 4.69) is 10.1 Å². The van der Waals surface area contributed by atoms with E-state index in [9.17, 15) is 9.59 Å². The van der Waals surface area contributed by atoms with Crippen molar-refractivity contribution in [3.05, 3.63) is 29.8 Å². The van der Waals surface area contributed by atoms with E-state index in [0.717, 1.165) is 12.8 Å². The molecule has 3 N–H and O–H groups in total. The van der Waals surface area contributed by atoms with Crippen LogP contribution in [0, 0.1) is 0 Å². The van der Waals surface area contributed by atoms with Crippen molar-refractivity contribution >= 4 is 17.6 Å². The highest BCUT2D eigenvalue weighted by Gasteiger charge is 2.45. The van der Waals surface area contributed by atoms with Crippen molar-refractivity contribution < 1.29 is 14.3 Å². The second-order valence-corrected chi connectivity index (χ2v) is 4.18. The number of amides is 1. The number of esters is 1. The standard InChI is InChI=1S/C12H14N2O3/c1-17-10(15)8-2-4-9(5-3-8)14-11(16)12(13)6-7-12/h2-5H,6-7,13H2,1H3,(H,14,16). The Labute approximate surface area is 98.9 Å². The Morgan fingerprint density at radius 2 is 1.88 bits per heavy atom. The molecule has 0 saturated heterocycles. The third-order valence-corrected chi connectivity index (χ3v) is 2.80. The first-order valence-electron chi connectivity index (χ1n) is 5.34. The molecule has 0 unspecified atom stereocenters. The largest absolute Gasteiger partial charge is 0.465 e. The molecule has 17 heavy (non-hydrogen) atoms. The van der Waals surface area contributed by atoms with Crippen LogP contribution in [-0.2, 0) is 9.53 Å². The molecule has 1 fully saturated rings. The Hall–Kier alpha value is -1.88. The molecule has 1 aromatic rings. The fraction of sp³-hybridized carbons (Fsp3) is 0.333. The van der Waals surface area contributed by atoms with Crippen molar-refractivity contribution in [1.82, 2.24) is 0 Å². The molecule has 0 atom stereocenters. The number of methoxy groups -OCH3 is 1. The Bertz CT molecular complexity index is 449. The van der Waals surface area contributed by atoms with Gasteiger partial charge in [0, 0.05) is 5.69 Å². The van der Waals surface area contributed by atoms with Crippen LogP contribution in [-0.4, -0.2) is 24.5 Å². The summed E-state index contributed by atoms with van der Waals surface area (Å²) >= 11 is 0. The van der Waals surface area contributed by atoms with E-state index in [1.807, 2.05) is 0 Å². The summed E-state index contributed by atoms with van der Waals surface area (Å²) < 4.78 is 4.58. The van der Waals surface area contributed by atoms with Crippen molar-refractivity contribution in [2.75, 3.05) is 12.4 Å². The molecule has 0 aromatic heterocycles. The van der Waals surface area contributed by atoms with Gasteiger partial charge in [-0.3, -0.25) is 4.79 Å². The first-order valence-corrected chi connectivity index (χ1v) is 5.34. The fourth-order valence-corrected chi connectivity index (χ4v) is 1.42. The highest BCUT2D eigenvalue weighted by molar-refractivity contribution is 6.00. The van der Waals surface area contributed by atoms with Gasteiger partial charge in [0.25, 0.3) is 0 Å². The molecule has 5 heteroatoms. The number of carbonyl (C=O) groups excluding carboxylic acids is 2. The summed E-state index contributed by atoms with van der Waals surface area (Å²) in [7, 11) is 1.32. The Morgan fingerprint density at radius 1 is 1.29 bits per heavy atom. The molecular weight excluding hydrogens is 220 g/mol. The maximum Gasteiger partial charge on any atom is 0.337 e. The van der Waals surface area contributed by atoms with Gasteiger partial charge in [-0.25, -0.2) is 4.79 Å². The molecule has 0 aliphatic heterocycles. The lowest BCUT2D eigenvalue weighted by Gasteiger charge is -2.10. The summed E-state index contributed by atoms with van der Waals surface area (Å²) in [6.45, 7) is 0. The van der Waals surface area contributed by atoms with Crippen LogP contribution in [0.4, 0.5) is 5.69 Å². The first-order chi connectivity index (χ1) is 8.05. The molecule has 5 nitrogen and oxygen atoms in total. The summed E-state index contributed by atoms with van der Waals surface area (Å²) in [4.78, 5) is 22.8. The minimum absolute atomic E-state index is 0.177. The fourth-order valence-electron chi connectivity index (χ4n) is 1.42. The lowest BCUT2D eigenvalue weighted by Crippen LogP contribution is -2.37. The average molecular weight is 234 g/mol. The monoisotopic (exact) mass is 234 g/mol. The molecule has 1 saturated carbocycles. The maximum atomic E-state index is 11.6. The van der Waals surface area contributed by atoms with Gasteiger partial charge in [-0.1, -0.05) is 0 Å². The minimum Gasteiger partial charge on any atom is -0.465 e. The van der Waals surface area contributed by atoms with E-state index < -0.39 is 11.5 Å². The topological polar surface area (TPSA) is 81.4 Å². The van der Waals surface area contributed by atoms with Crippen LogP contribution in [0.1, 0.15) is 23.2 Å². The van der Waals surface area contributed by atoms with Crippen LogP contribution >= 0.6 is 0 Å². The van der Waals surface area contributed by atoms with Gasteiger partial charge in [0.2, 0.25) is 5.91 Å². The number of hydrogen-bond donors (Lipinski definition) is 2. The lowest BCUT2D eigenvalue weighted by atomic mass is 10.2. The summed E-state index contributed by atoms with van der Waals surface area (Å²) in [5.41, 5.74) is 6.13. The smallest absolute Gasteiger partial charge is 0.337 e. The predicted octanol–water partition coefficient (Wildman–Crippen LogP) is 0.903. The zero-order valence-electron chi connectivity index (χ0n) is 9.53. The quantitative estimate of drug-likeness (QED) is 0.761. The summed E-state index contributed by atoms with van der Waals surface area (Å²) in [6.07, 6.45) is 1.44. The van der Waals surface area contributed by atoms with E-state index in [1.54, 1.807) is 24.3 Å². The van der Waals surface area contributed by atoms with E-state index in [-0.39, 0.29) is 5.91 Å². The lowest BCUT2D eigenvalue weighted by molar-refractivity contribution is -0.118. The molecule has 1 aliphatic carbocycles. The van der Waals surface area contributed by atoms with Gasteiger partial charge in [-0.05, 0) is 37.1 Å². The molecule has 0 bridgehead atoms. The molecule has 2 rings (SSSR count). The van der Waals surface area contributed by atoms with Crippen LogP contribution < -0.4 is 11.1 Å². The Morgan fingerprint density at radius 3 is 2.35 bits per heavy atom. The number of nitrogens with one attached hydrogen (secondary N) is 1. The van der Waals surface area contributed by atoms with Gasteiger partial charge in [0.15, 0.2) is 0 Å². The number of ether oxygens (including phenoxy) is 1. The number of nitrogens with two attached hydrogens (primary N) is 1. The van der Waals surface area contributed by atoms with Gasteiger partial charge >= 0.3 is 5.97 Å². The third-order valence-electron chi connectivity index (χ3n) is 2.80. The summed E-state index contributed by atoms with van der Waals surface area (Å²) in [5.74, 6) is -0.580. The van der Waals surface area contributed by atoms with Gasteiger partial charge in [0.05, 0.1) is 18.2 Å². The van der Waals surface area contributed by atoms with Crippen LogP contribution in [0.15, 0.2) is 24.3 Å². The number of hydrogen-bond acceptors (Lipinski definition) is 4. The van der Waals surface area contributed by atoms with Crippen molar-refractivity contribution in [1.29, 1.82) is 0 Å². The number of benzene rings is 1. The van der Waals surface area contributed by atoms with E-state index in [0.29, 0.717) is 11.3 Å². The Kier molecular flexibility index (Phi) is 2.85. The Balaban J connectivity index is 2.03. The third kappa shape index (κ3) is 2.45. The summed E-state index contributed by atoms with van der Waals surface area (Å²) in [6, 6.07) is 6.49. The van der Waals surface area contributed by atoms with Crippen molar-refractivity contribution in [3.8, 4) is 0 Å². The predicted molar refractivity (Wildman–Crippen MR) is 62.6 cm³/mol. The van der Waals surface area contributed by atoms with Gasteiger partial charge in [0.1, 0.15) is 0 Å². The van der Waals surface area contributed by atoms with Gasteiger partial charge in [-0.15, -0.1) is 0 Å². The van der Waals surface area contributed by atoms with Crippen LogP contribution in [0.5, 0.6) is 0 Å². The first kappa shape index (κ1) is 11.6. The molecule has 0 spiro atoms. The second-order valence-electron chi connectivity index (χ2n) is 4.18. The SMILES string of the molecule is COC(=O)c1ccc(NC(=O)C2(N)CC2)cc1. The van der Waals surface area contributed by atoms with Crippen LogP contribution in [0.3, 0.4) is 0 Å². The number of anilines is 1. The van der Waals surface area contributed by atoms with Gasteiger partial charge < -0.3 is 15.8 Å². The summed E-state index contributed by atoms with van der Waals surface area (Å²) in [5, 5.41) is 2.71. The minimum atomic E-state index is -0.693. The van der Waals surface area contributed by atoms with E-state index in [4.69, 9.17) is 5.73 Å². The maximum absolute atomic E-state index is 11.6. The van der Waals surface area contributed by atoms with Crippen molar-refractivity contribution in [2.24, 2.45) is 5.73 Å². The van der Waals surface area contributed by atoms with Crippen LogP contribution in [0.2, 0.25) is 0 Å². The van der Waals surface area contributed by atoms with E-state index >= 15 is 0 Å². The normalized spacial score (nSPS) is 16.1. The average Bonchev–Trinajstić information content (AvgIpc) is 3.09. The highest BCUT2D eigenvalue weighted by Crippen LogP contribution is 2.33. The highest BCUT2D eigenvalue weighted by atomic mass is 16.5. The molecule has 90 valence electrons. The zero-order valence-corrected chi connectivity index (χ0v) is 9.53. The second kappa shape index (κ2) is 4.18. The zero-order chi connectivity index (χ0) is 12.5. The molecule has 1 aliphatic rings. The molecule has 0 radical (unpaired) electrons. The molecule has 1 amide bonds. The number of rotatable bonds is 3. The van der Waals surface area contributed by atoms with Crippen molar-refractivity contribution in [3.63, 3.8) is 0 Å². The molecular formula is C12H14N2O3. The molecule has 1 aromatic carbocycles. The van der Waals surface area contributed by atoms with Gasteiger partial charge in [-0.2, -0.15) is 0 Å².